The fourth-order valence-electron chi connectivity index (χ4n) is 2.37. The molecule has 21 heavy (non-hydrogen) atoms. The molecule has 0 aliphatic heterocycles. The van der Waals surface area contributed by atoms with Crippen molar-refractivity contribution in [1.82, 2.24) is 19.9 Å². The Hall–Kier alpha value is -2.95. The van der Waals surface area contributed by atoms with Gasteiger partial charge in [-0.15, -0.1) is 0 Å². The van der Waals surface area contributed by atoms with E-state index in [0.717, 1.165) is 16.9 Å². The number of ether oxygens (including phenoxy) is 1. The average molecular weight is 276 g/mol. The molecule has 4 rings (SSSR count). The normalized spacial score (nSPS) is 11.1. The van der Waals surface area contributed by atoms with Gasteiger partial charge in [0.15, 0.2) is 5.65 Å². The first-order valence-electron chi connectivity index (χ1n) is 6.59. The SMILES string of the molecule is COc1ncc2nc(-c3ccc4ccccc4c3)[nH]c2n1. The van der Waals surface area contributed by atoms with Crippen molar-refractivity contribution in [3.8, 4) is 17.4 Å². The van der Waals surface area contributed by atoms with Crippen LogP contribution in [-0.4, -0.2) is 27.0 Å². The van der Waals surface area contributed by atoms with Crippen LogP contribution in [0.4, 0.5) is 0 Å². The average Bonchev–Trinajstić information content (AvgIpc) is 2.97. The van der Waals surface area contributed by atoms with Gasteiger partial charge in [-0.2, -0.15) is 4.98 Å². The molecule has 0 amide bonds. The number of aromatic nitrogens is 4. The Morgan fingerprint density at radius 2 is 1.86 bits per heavy atom. The van der Waals surface area contributed by atoms with Crippen LogP contribution in [0.2, 0.25) is 0 Å². The predicted molar refractivity (Wildman–Crippen MR) is 81.2 cm³/mol. The van der Waals surface area contributed by atoms with Crippen molar-refractivity contribution in [2.45, 2.75) is 0 Å². The van der Waals surface area contributed by atoms with Crippen LogP contribution in [-0.2, 0) is 0 Å². The number of rotatable bonds is 2. The number of nitrogens with zero attached hydrogens (tertiary/aromatic N) is 3. The van der Waals surface area contributed by atoms with Crippen LogP contribution in [0.25, 0.3) is 33.3 Å². The fourth-order valence-corrected chi connectivity index (χ4v) is 2.37. The second kappa shape index (κ2) is 4.56. The van der Waals surface area contributed by atoms with E-state index in [1.807, 2.05) is 18.2 Å². The second-order valence-electron chi connectivity index (χ2n) is 4.74. The number of methoxy groups -OCH3 is 1. The standard InChI is InChI=1S/C16H12N4O/c1-21-16-17-9-13-15(20-16)19-14(18-13)12-7-6-10-4-2-3-5-11(10)8-12/h2-9H,1H3,(H,17,18,19,20). The summed E-state index contributed by atoms with van der Waals surface area (Å²) in [5.74, 6) is 0.776. The lowest BCUT2D eigenvalue weighted by Crippen LogP contribution is -1.90. The predicted octanol–water partition coefficient (Wildman–Crippen LogP) is 3.18. The maximum Gasteiger partial charge on any atom is 0.318 e. The maximum absolute atomic E-state index is 5.02. The molecular formula is C16H12N4O. The Kier molecular flexibility index (Phi) is 2.57. The maximum atomic E-state index is 5.02. The van der Waals surface area contributed by atoms with Gasteiger partial charge in [-0.3, -0.25) is 0 Å². The minimum atomic E-state index is 0.330. The van der Waals surface area contributed by atoms with E-state index in [4.69, 9.17) is 4.74 Å². The van der Waals surface area contributed by atoms with E-state index >= 15 is 0 Å². The molecule has 0 fully saturated rings. The number of fused-ring (bicyclic) bond motifs is 2. The largest absolute Gasteiger partial charge is 0.467 e. The lowest BCUT2D eigenvalue weighted by atomic mass is 10.1. The van der Waals surface area contributed by atoms with Crippen LogP contribution >= 0.6 is 0 Å². The molecule has 2 aromatic heterocycles. The van der Waals surface area contributed by atoms with Crippen LogP contribution in [0, 0.1) is 0 Å². The van der Waals surface area contributed by atoms with Gasteiger partial charge in [-0.25, -0.2) is 9.97 Å². The zero-order valence-electron chi connectivity index (χ0n) is 11.4. The number of aromatic amines is 1. The summed E-state index contributed by atoms with van der Waals surface area (Å²) in [6.07, 6.45) is 1.65. The number of H-pyrrole nitrogens is 1. The molecule has 0 atom stereocenters. The van der Waals surface area contributed by atoms with Crippen molar-refractivity contribution in [2.75, 3.05) is 7.11 Å². The van der Waals surface area contributed by atoms with Crippen molar-refractivity contribution >= 4 is 21.9 Å². The molecule has 2 aromatic carbocycles. The molecule has 0 saturated heterocycles. The van der Waals surface area contributed by atoms with Gasteiger partial charge in [-0.05, 0) is 16.8 Å². The third kappa shape index (κ3) is 1.99. The minimum Gasteiger partial charge on any atom is -0.467 e. The van der Waals surface area contributed by atoms with E-state index in [1.54, 1.807) is 13.3 Å². The summed E-state index contributed by atoms with van der Waals surface area (Å²) in [4.78, 5) is 16.1. The Balaban J connectivity index is 1.87. The highest BCUT2D eigenvalue weighted by atomic mass is 16.5. The van der Waals surface area contributed by atoms with Crippen molar-refractivity contribution in [3.63, 3.8) is 0 Å². The van der Waals surface area contributed by atoms with Gasteiger partial charge in [0, 0.05) is 5.56 Å². The molecule has 0 bridgehead atoms. The molecule has 0 saturated carbocycles. The number of nitrogens with one attached hydrogen (secondary N) is 1. The van der Waals surface area contributed by atoms with Gasteiger partial charge in [0.05, 0.1) is 13.3 Å². The summed E-state index contributed by atoms with van der Waals surface area (Å²) in [7, 11) is 1.54. The zero-order chi connectivity index (χ0) is 14.2. The molecule has 0 radical (unpaired) electrons. The zero-order valence-corrected chi connectivity index (χ0v) is 11.4. The molecular weight excluding hydrogens is 264 g/mol. The summed E-state index contributed by atoms with van der Waals surface area (Å²) in [5.41, 5.74) is 2.41. The van der Waals surface area contributed by atoms with Crippen molar-refractivity contribution in [3.05, 3.63) is 48.7 Å². The summed E-state index contributed by atoms with van der Waals surface area (Å²) in [6.45, 7) is 0. The van der Waals surface area contributed by atoms with Gasteiger partial charge < -0.3 is 9.72 Å². The minimum absolute atomic E-state index is 0.330. The van der Waals surface area contributed by atoms with Crippen LogP contribution in [0.15, 0.2) is 48.7 Å². The number of hydrogen-bond donors (Lipinski definition) is 1. The number of benzene rings is 2. The van der Waals surface area contributed by atoms with Crippen LogP contribution in [0.5, 0.6) is 6.01 Å². The molecule has 4 aromatic rings. The summed E-state index contributed by atoms with van der Waals surface area (Å²) in [5, 5.41) is 2.39. The Morgan fingerprint density at radius 3 is 2.71 bits per heavy atom. The highest BCUT2D eigenvalue weighted by Crippen LogP contribution is 2.24. The van der Waals surface area contributed by atoms with Crippen molar-refractivity contribution < 1.29 is 4.74 Å². The highest BCUT2D eigenvalue weighted by Gasteiger charge is 2.08. The van der Waals surface area contributed by atoms with E-state index in [-0.39, 0.29) is 0 Å². The lowest BCUT2D eigenvalue weighted by Gasteiger charge is -2.00. The van der Waals surface area contributed by atoms with E-state index in [2.05, 4.69) is 44.2 Å². The van der Waals surface area contributed by atoms with E-state index in [1.165, 1.54) is 10.8 Å². The fraction of sp³-hybridized carbons (Fsp3) is 0.0625. The summed E-state index contributed by atoms with van der Waals surface area (Å²) < 4.78 is 5.02. The van der Waals surface area contributed by atoms with Gasteiger partial charge in [0.2, 0.25) is 0 Å². The first-order valence-corrected chi connectivity index (χ1v) is 6.59. The Morgan fingerprint density at radius 1 is 1.00 bits per heavy atom. The monoisotopic (exact) mass is 276 g/mol. The molecule has 0 aliphatic carbocycles. The summed E-state index contributed by atoms with van der Waals surface area (Å²) in [6, 6.07) is 14.8. The van der Waals surface area contributed by atoms with Crippen LogP contribution in [0.1, 0.15) is 0 Å². The smallest absolute Gasteiger partial charge is 0.318 e. The Labute approximate surface area is 120 Å². The first-order chi connectivity index (χ1) is 10.3. The molecule has 0 spiro atoms. The lowest BCUT2D eigenvalue weighted by molar-refractivity contribution is 0.381. The number of imidazole rings is 1. The topological polar surface area (TPSA) is 63.7 Å². The van der Waals surface area contributed by atoms with Gasteiger partial charge in [-0.1, -0.05) is 36.4 Å². The first kappa shape index (κ1) is 11.8. The molecule has 2 heterocycles. The van der Waals surface area contributed by atoms with Gasteiger partial charge >= 0.3 is 6.01 Å². The quantitative estimate of drug-likeness (QED) is 0.610. The molecule has 1 N–H and O–H groups in total. The van der Waals surface area contributed by atoms with Crippen LogP contribution in [0.3, 0.4) is 0 Å². The van der Waals surface area contributed by atoms with Gasteiger partial charge in [0.25, 0.3) is 0 Å². The van der Waals surface area contributed by atoms with Gasteiger partial charge in [0.1, 0.15) is 11.3 Å². The summed E-state index contributed by atoms with van der Waals surface area (Å²) >= 11 is 0. The molecule has 0 unspecified atom stereocenters. The molecule has 5 heteroatoms. The highest BCUT2D eigenvalue weighted by molar-refractivity contribution is 5.87. The van der Waals surface area contributed by atoms with E-state index < -0.39 is 0 Å². The second-order valence-corrected chi connectivity index (χ2v) is 4.74. The molecule has 102 valence electrons. The van der Waals surface area contributed by atoms with Crippen LogP contribution < -0.4 is 4.74 Å². The third-order valence-corrected chi connectivity index (χ3v) is 3.42. The molecule has 0 aliphatic rings. The number of hydrogen-bond acceptors (Lipinski definition) is 4. The van der Waals surface area contributed by atoms with E-state index in [0.29, 0.717) is 11.7 Å². The Bertz CT molecular complexity index is 945. The van der Waals surface area contributed by atoms with Crippen molar-refractivity contribution in [1.29, 1.82) is 0 Å². The third-order valence-electron chi connectivity index (χ3n) is 3.42. The van der Waals surface area contributed by atoms with Crippen molar-refractivity contribution in [2.24, 2.45) is 0 Å². The molecule has 5 nitrogen and oxygen atoms in total. The van der Waals surface area contributed by atoms with E-state index in [9.17, 15) is 0 Å².